The number of hydrogen-bond donors (Lipinski definition) is 0. The number of ether oxygens (including phenoxy) is 1. The molecule has 0 atom stereocenters. The molecule has 7 heteroatoms. The van der Waals surface area contributed by atoms with Crippen molar-refractivity contribution in [1.82, 2.24) is 0 Å². The van der Waals surface area contributed by atoms with Crippen molar-refractivity contribution in [2.75, 3.05) is 7.11 Å². The molecule has 4 rings (SSSR count). The highest BCUT2D eigenvalue weighted by Crippen LogP contribution is 2.25. The van der Waals surface area contributed by atoms with Gasteiger partial charge in [0, 0.05) is 0 Å². The Morgan fingerprint density at radius 2 is 0.853 bits per heavy atom. The van der Waals surface area contributed by atoms with E-state index >= 15 is 0 Å². The fourth-order valence-corrected chi connectivity index (χ4v) is 6.07. The van der Waals surface area contributed by atoms with Gasteiger partial charge in [-0.3, -0.25) is 0 Å². The number of rotatable bonds is 7. The Balaban J connectivity index is 1.50. The van der Waals surface area contributed by atoms with Crippen LogP contribution in [0.3, 0.4) is 0 Å². The van der Waals surface area contributed by atoms with Crippen LogP contribution in [0.2, 0.25) is 0 Å². The molecule has 0 bridgehead atoms. The van der Waals surface area contributed by atoms with Crippen molar-refractivity contribution in [1.29, 1.82) is 0 Å². The van der Waals surface area contributed by atoms with Crippen LogP contribution in [0.5, 0.6) is 5.75 Å². The maximum Gasteiger partial charge on any atom is 0.206 e. The van der Waals surface area contributed by atoms with Crippen LogP contribution in [0, 0.1) is 6.92 Å². The largest absolute Gasteiger partial charge is 0.497 e. The molecule has 0 amide bonds. The zero-order chi connectivity index (χ0) is 24.3. The number of aryl methyl sites for hydroxylation is 1. The SMILES string of the molecule is COc1ccc(S(=O)(=O)c2ccc(Cc3ccc(S(=O)(=O)c4ccc(C)cc4)cc3)cc2)cc1. The van der Waals surface area contributed by atoms with Gasteiger partial charge in [0.2, 0.25) is 19.7 Å². The van der Waals surface area contributed by atoms with E-state index in [1.54, 1.807) is 84.9 Å². The molecule has 0 fully saturated rings. The first-order chi connectivity index (χ1) is 16.2. The average molecular weight is 493 g/mol. The van der Waals surface area contributed by atoms with E-state index in [9.17, 15) is 16.8 Å². The monoisotopic (exact) mass is 492 g/mol. The van der Waals surface area contributed by atoms with E-state index in [1.165, 1.54) is 19.2 Å². The van der Waals surface area contributed by atoms with Crippen LogP contribution in [0.25, 0.3) is 0 Å². The molecule has 0 aromatic heterocycles. The number of hydrogen-bond acceptors (Lipinski definition) is 5. The number of benzene rings is 4. The second kappa shape index (κ2) is 9.44. The van der Waals surface area contributed by atoms with E-state index in [4.69, 9.17) is 4.74 Å². The summed E-state index contributed by atoms with van der Waals surface area (Å²) in [6.07, 6.45) is 0.549. The average Bonchev–Trinajstić information content (AvgIpc) is 2.85. The zero-order valence-corrected chi connectivity index (χ0v) is 20.4. The van der Waals surface area contributed by atoms with Crippen LogP contribution in [-0.2, 0) is 26.1 Å². The van der Waals surface area contributed by atoms with Gasteiger partial charge in [0.1, 0.15) is 5.75 Å². The summed E-state index contributed by atoms with van der Waals surface area (Å²) < 4.78 is 56.5. The van der Waals surface area contributed by atoms with Crippen molar-refractivity contribution in [2.45, 2.75) is 32.9 Å². The summed E-state index contributed by atoms with van der Waals surface area (Å²) in [5, 5.41) is 0. The van der Waals surface area contributed by atoms with Gasteiger partial charge < -0.3 is 4.74 Å². The molecule has 174 valence electrons. The molecule has 0 heterocycles. The smallest absolute Gasteiger partial charge is 0.206 e. The predicted molar refractivity (Wildman–Crippen MR) is 131 cm³/mol. The van der Waals surface area contributed by atoms with Crippen LogP contribution in [0.1, 0.15) is 16.7 Å². The highest BCUT2D eigenvalue weighted by atomic mass is 32.2. The molecule has 0 aliphatic heterocycles. The van der Waals surface area contributed by atoms with Crippen LogP contribution in [0.15, 0.2) is 117 Å². The van der Waals surface area contributed by atoms with Gasteiger partial charge in [-0.25, -0.2) is 16.8 Å². The number of sulfone groups is 2. The third-order valence-corrected chi connectivity index (χ3v) is 9.15. The highest BCUT2D eigenvalue weighted by molar-refractivity contribution is 7.91. The molecular weight excluding hydrogens is 468 g/mol. The molecular formula is C27H24O5S2. The van der Waals surface area contributed by atoms with Crippen molar-refractivity contribution in [3.8, 4) is 5.75 Å². The van der Waals surface area contributed by atoms with Crippen LogP contribution in [-0.4, -0.2) is 23.9 Å². The highest BCUT2D eigenvalue weighted by Gasteiger charge is 2.19. The maximum atomic E-state index is 12.9. The molecule has 0 unspecified atom stereocenters. The van der Waals surface area contributed by atoms with Gasteiger partial charge in [-0.1, -0.05) is 42.0 Å². The molecule has 0 N–H and O–H groups in total. The van der Waals surface area contributed by atoms with E-state index in [1.807, 2.05) is 6.92 Å². The number of methoxy groups -OCH3 is 1. The Morgan fingerprint density at radius 1 is 0.529 bits per heavy atom. The standard InChI is InChI=1S/C27H24O5S2/c1-20-3-11-24(12-4-20)33(28,29)25-13-5-21(6-14-25)19-22-7-15-26(16-8-22)34(30,31)27-17-9-23(32-2)10-18-27/h3-18H,19H2,1-2H3. The fourth-order valence-electron chi connectivity index (χ4n) is 3.55. The lowest BCUT2D eigenvalue weighted by Gasteiger charge is -2.09. The third kappa shape index (κ3) is 4.90. The molecule has 0 saturated heterocycles. The summed E-state index contributed by atoms with van der Waals surface area (Å²) in [5.41, 5.74) is 2.84. The quantitative estimate of drug-likeness (QED) is 0.352. The minimum atomic E-state index is -3.63. The van der Waals surface area contributed by atoms with Gasteiger partial charge in [0.15, 0.2) is 0 Å². The summed E-state index contributed by atoms with van der Waals surface area (Å²) in [6, 6.07) is 26.5. The molecule has 5 nitrogen and oxygen atoms in total. The lowest BCUT2D eigenvalue weighted by Crippen LogP contribution is -2.03. The summed E-state index contributed by atoms with van der Waals surface area (Å²) in [6.45, 7) is 1.91. The lowest BCUT2D eigenvalue weighted by atomic mass is 10.1. The van der Waals surface area contributed by atoms with Crippen LogP contribution >= 0.6 is 0 Å². The van der Waals surface area contributed by atoms with Gasteiger partial charge in [0.25, 0.3) is 0 Å². The normalized spacial score (nSPS) is 11.8. The minimum absolute atomic E-state index is 0.200. The first-order valence-corrected chi connectivity index (χ1v) is 13.6. The Bertz CT molecular complexity index is 1490. The summed E-state index contributed by atoms with van der Waals surface area (Å²) >= 11 is 0. The van der Waals surface area contributed by atoms with Gasteiger partial charge in [-0.2, -0.15) is 0 Å². The van der Waals surface area contributed by atoms with E-state index in [0.717, 1.165) is 16.7 Å². The zero-order valence-electron chi connectivity index (χ0n) is 18.8. The second-order valence-corrected chi connectivity index (χ2v) is 11.9. The molecule has 34 heavy (non-hydrogen) atoms. The molecule has 4 aromatic carbocycles. The Morgan fingerprint density at radius 3 is 1.21 bits per heavy atom. The summed E-state index contributed by atoms with van der Waals surface area (Å²) in [7, 11) is -5.67. The molecule has 4 aromatic rings. The Labute approximate surface area is 200 Å². The molecule has 0 saturated carbocycles. The van der Waals surface area contributed by atoms with E-state index in [2.05, 4.69) is 0 Å². The van der Waals surface area contributed by atoms with Gasteiger partial charge in [-0.15, -0.1) is 0 Å². The van der Waals surface area contributed by atoms with E-state index < -0.39 is 19.7 Å². The van der Waals surface area contributed by atoms with E-state index in [0.29, 0.717) is 12.2 Å². The molecule has 0 spiro atoms. The van der Waals surface area contributed by atoms with Crippen molar-refractivity contribution >= 4 is 19.7 Å². The van der Waals surface area contributed by atoms with Crippen LogP contribution in [0.4, 0.5) is 0 Å². The lowest BCUT2D eigenvalue weighted by molar-refractivity contribution is 0.414. The minimum Gasteiger partial charge on any atom is -0.497 e. The molecule has 0 aliphatic rings. The topological polar surface area (TPSA) is 77.5 Å². The fraction of sp³-hybridized carbons (Fsp3) is 0.111. The maximum absolute atomic E-state index is 12.9. The van der Waals surface area contributed by atoms with Crippen molar-refractivity contribution < 1.29 is 21.6 Å². The molecule has 0 radical (unpaired) electrons. The van der Waals surface area contributed by atoms with Gasteiger partial charge in [0.05, 0.1) is 26.7 Å². The third-order valence-electron chi connectivity index (χ3n) is 5.58. The second-order valence-electron chi connectivity index (χ2n) is 7.96. The van der Waals surface area contributed by atoms with Crippen LogP contribution < -0.4 is 4.74 Å². The first kappa shape index (κ1) is 23.7. The predicted octanol–water partition coefficient (Wildman–Crippen LogP) is 5.26. The van der Waals surface area contributed by atoms with Crippen molar-refractivity contribution in [2.24, 2.45) is 0 Å². The van der Waals surface area contributed by atoms with Crippen molar-refractivity contribution in [3.05, 3.63) is 114 Å². The Hall–Kier alpha value is -3.42. The van der Waals surface area contributed by atoms with E-state index in [-0.39, 0.29) is 19.6 Å². The van der Waals surface area contributed by atoms with Gasteiger partial charge in [-0.05, 0) is 85.1 Å². The van der Waals surface area contributed by atoms with Gasteiger partial charge >= 0.3 is 0 Å². The Kier molecular flexibility index (Phi) is 6.59. The first-order valence-electron chi connectivity index (χ1n) is 10.6. The summed E-state index contributed by atoms with van der Waals surface area (Å²) in [4.78, 5) is 0.910. The van der Waals surface area contributed by atoms with Crippen molar-refractivity contribution in [3.63, 3.8) is 0 Å². The molecule has 0 aliphatic carbocycles. The summed E-state index contributed by atoms with van der Waals surface area (Å²) in [5.74, 6) is 0.590.